The van der Waals surface area contributed by atoms with Crippen molar-refractivity contribution >= 4 is 17.2 Å². The summed E-state index contributed by atoms with van der Waals surface area (Å²) in [6.07, 6.45) is 0. The van der Waals surface area contributed by atoms with Crippen molar-refractivity contribution in [1.82, 2.24) is 10.2 Å². The molecule has 18 heavy (non-hydrogen) atoms. The number of benzene rings is 1. The highest BCUT2D eigenvalue weighted by Crippen LogP contribution is 2.21. The van der Waals surface area contributed by atoms with Gasteiger partial charge >= 0.3 is 0 Å². The fraction of sp³-hybridized carbons (Fsp3) is 0.154. The number of nitrogens with two attached hydrogens (primary N) is 1. The van der Waals surface area contributed by atoms with Crippen LogP contribution in [0.3, 0.4) is 0 Å². The van der Waals surface area contributed by atoms with E-state index in [0.717, 1.165) is 11.1 Å². The van der Waals surface area contributed by atoms with Crippen LogP contribution in [0, 0.1) is 13.8 Å². The van der Waals surface area contributed by atoms with Crippen LogP contribution >= 0.6 is 12.2 Å². The molecule has 0 atom stereocenters. The van der Waals surface area contributed by atoms with Crippen molar-refractivity contribution in [2.45, 2.75) is 13.8 Å². The van der Waals surface area contributed by atoms with Gasteiger partial charge in [0.05, 0.1) is 11.3 Å². The summed E-state index contributed by atoms with van der Waals surface area (Å²) >= 11 is 4.84. The summed E-state index contributed by atoms with van der Waals surface area (Å²) in [6, 6.07) is 7.64. The van der Waals surface area contributed by atoms with Gasteiger partial charge in [-0.1, -0.05) is 36.0 Å². The van der Waals surface area contributed by atoms with Crippen LogP contribution in [-0.2, 0) is 0 Å². The summed E-state index contributed by atoms with van der Waals surface area (Å²) < 4.78 is 0. The number of H-pyrrole nitrogens is 1. The average molecular weight is 259 g/mol. The molecule has 0 spiro atoms. The summed E-state index contributed by atoms with van der Waals surface area (Å²) in [4.78, 5) is 11.6. The molecule has 0 aliphatic heterocycles. The molecule has 92 valence electrons. The van der Waals surface area contributed by atoms with Gasteiger partial charge < -0.3 is 5.73 Å². The van der Waals surface area contributed by atoms with Gasteiger partial charge in [0.2, 0.25) is 0 Å². The lowest BCUT2D eigenvalue weighted by Gasteiger charge is -2.07. The van der Waals surface area contributed by atoms with Crippen molar-refractivity contribution in [3.8, 4) is 11.3 Å². The highest BCUT2D eigenvalue weighted by molar-refractivity contribution is 7.80. The number of aromatic amines is 1. The summed E-state index contributed by atoms with van der Waals surface area (Å²) in [6.45, 7) is 4.02. The zero-order valence-corrected chi connectivity index (χ0v) is 11.0. The van der Waals surface area contributed by atoms with Crippen LogP contribution in [0.1, 0.15) is 16.7 Å². The number of hydrogen-bond donors (Lipinski definition) is 2. The van der Waals surface area contributed by atoms with Gasteiger partial charge in [-0.2, -0.15) is 5.10 Å². The Kier molecular flexibility index (Phi) is 3.25. The standard InChI is InChI=1S/C13H13N3OS/c1-7-3-4-9(8(2)5-7)11-6-10(12(14)18)13(17)16-15-11/h3-6H,1-2H3,(H2,14,18)(H,16,17). The number of hydrogen-bond acceptors (Lipinski definition) is 3. The molecule has 5 heteroatoms. The van der Waals surface area contributed by atoms with Crippen LogP contribution < -0.4 is 11.3 Å². The van der Waals surface area contributed by atoms with Gasteiger partial charge in [-0.3, -0.25) is 4.79 Å². The number of nitrogens with zero attached hydrogens (tertiary/aromatic N) is 1. The molecule has 0 amide bonds. The Hall–Kier alpha value is -2.01. The molecule has 1 aromatic carbocycles. The van der Waals surface area contributed by atoms with Crippen molar-refractivity contribution in [2.75, 3.05) is 0 Å². The zero-order chi connectivity index (χ0) is 13.3. The van der Waals surface area contributed by atoms with Crippen molar-refractivity contribution in [1.29, 1.82) is 0 Å². The summed E-state index contributed by atoms with van der Waals surface area (Å²) in [5, 5.41) is 6.45. The van der Waals surface area contributed by atoms with Crippen molar-refractivity contribution < 1.29 is 0 Å². The van der Waals surface area contributed by atoms with E-state index >= 15 is 0 Å². The second-order valence-corrected chi connectivity index (χ2v) is 4.62. The van der Waals surface area contributed by atoms with Crippen LogP contribution in [0.2, 0.25) is 0 Å². The first-order valence-corrected chi connectivity index (χ1v) is 5.87. The van der Waals surface area contributed by atoms with Gasteiger partial charge in [0.15, 0.2) is 0 Å². The number of thiocarbonyl (C=S) groups is 1. The average Bonchev–Trinajstić information content (AvgIpc) is 2.30. The molecule has 0 aliphatic carbocycles. The predicted molar refractivity (Wildman–Crippen MR) is 75.7 cm³/mol. The number of aromatic nitrogens is 2. The molecule has 0 bridgehead atoms. The van der Waals surface area contributed by atoms with E-state index < -0.39 is 0 Å². The van der Waals surface area contributed by atoms with E-state index in [2.05, 4.69) is 16.3 Å². The minimum Gasteiger partial charge on any atom is -0.389 e. The maximum absolute atomic E-state index is 11.5. The van der Waals surface area contributed by atoms with E-state index in [1.165, 1.54) is 5.56 Å². The molecule has 0 saturated heterocycles. The van der Waals surface area contributed by atoms with Gasteiger partial charge in [-0.25, -0.2) is 5.10 Å². The van der Waals surface area contributed by atoms with Crippen molar-refractivity contribution in [3.63, 3.8) is 0 Å². The normalized spacial score (nSPS) is 10.3. The molecule has 0 fully saturated rings. The zero-order valence-electron chi connectivity index (χ0n) is 10.2. The molecule has 2 aromatic rings. The van der Waals surface area contributed by atoms with Crippen LogP contribution in [0.5, 0.6) is 0 Å². The molecular formula is C13H13N3OS. The van der Waals surface area contributed by atoms with E-state index in [1.807, 2.05) is 26.0 Å². The molecule has 3 N–H and O–H groups in total. The lowest BCUT2D eigenvalue weighted by Crippen LogP contribution is -2.23. The lowest BCUT2D eigenvalue weighted by molar-refractivity contribution is 0.989. The first-order chi connectivity index (χ1) is 8.49. The molecular weight excluding hydrogens is 246 g/mol. The first-order valence-electron chi connectivity index (χ1n) is 5.46. The fourth-order valence-electron chi connectivity index (χ4n) is 1.83. The van der Waals surface area contributed by atoms with Gasteiger partial charge in [-0.15, -0.1) is 0 Å². The minimum atomic E-state index is -0.365. The van der Waals surface area contributed by atoms with E-state index in [0.29, 0.717) is 5.69 Å². The Balaban J connectivity index is 2.61. The number of nitrogens with one attached hydrogen (secondary N) is 1. The Morgan fingerprint density at radius 2 is 2.06 bits per heavy atom. The third kappa shape index (κ3) is 2.31. The van der Waals surface area contributed by atoms with Gasteiger partial charge in [0, 0.05) is 5.56 Å². The maximum Gasteiger partial charge on any atom is 0.274 e. The second kappa shape index (κ2) is 4.70. The third-order valence-corrected chi connectivity index (χ3v) is 2.95. The fourth-order valence-corrected chi connectivity index (χ4v) is 1.98. The molecule has 4 nitrogen and oxygen atoms in total. The lowest BCUT2D eigenvalue weighted by atomic mass is 10.0. The Bertz CT molecular complexity index is 676. The van der Waals surface area contributed by atoms with Crippen molar-refractivity contribution in [3.05, 3.63) is 51.3 Å². The number of aryl methyl sites for hydroxylation is 2. The largest absolute Gasteiger partial charge is 0.389 e. The van der Waals surface area contributed by atoms with Gasteiger partial charge in [-0.05, 0) is 25.5 Å². The highest BCUT2D eigenvalue weighted by atomic mass is 32.1. The number of rotatable bonds is 2. The topological polar surface area (TPSA) is 71.8 Å². The van der Waals surface area contributed by atoms with Crippen LogP contribution in [0.4, 0.5) is 0 Å². The first kappa shape index (κ1) is 12.4. The molecule has 0 radical (unpaired) electrons. The Morgan fingerprint density at radius 3 is 2.67 bits per heavy atom. The molecule has 2 rings (SSSR count). The Labute approximate surface area is 110 Å². The van der Waals surface area contributed by atoms with Gasteiger partial charge in [0.1, 0.15) is 4.99 Å². The van der Waals surface area contributed by atoms with Crippen LogP contribution in [0.25, 0.3) is 11.3 Å². The molecule has 0 aliphatic rings. The van der Waals surface area contributed by atoms with E-state index in [4.69, 9.17) is 18.0 Å². The van der Waals surface area contributed by atoms with Crippen LogP contribution in [0.15, 0.2) is 29.1 Å². The highest BCUT2D eigenvalue weighted by Gasteiger charge is 2.09. The summed E-state index contributed by atoms with van der Waals surface area (Å²) in [7, 11) is 0. The third-order valence-electron chi connectivity index (χ3n) is 2.73. The molecule has 0 unspecified atom stereocenters. The Morgan fingerprint density at radius 1 is 1.33 bits per heavy atom. The molecule has 1 heterocycles. The molecule has 1 aromatic heterocycles. The van der Waals surface area contributed by atoms with Crippen LogP contribution in [-0.4, -0.2) is 15.2 Å². The smallest absolute Gasteiger partial charge is 0.274 e. The summed E-state index contributed by atoms with van der Waals surface area (Å²) in [5.74, 6) is 0. The minimum absolute atomic E-state index is 0.0738. The van der Waals surface area contributed by atoms with Gasteiger partial charge in [0.25, 0.3) is 5.56 Å². The maximum atomic E-state index is 11.5. The van der Waals surface area contributed by atoms with E-state index in [-0.39, 0.29) is 16.1 Å². The van der Waals surface area contributed by atoms with Crippen molar-refractivity contribution in [2.24, 2.45) is 5.73 Å². The van der Waals surface area contributed by atoms with E-state index in [9.17, 15) is 4.79 Å². The second-order valence-electron chi connectivity index (χ2n) is 4.18. The predicted octanol–water partition coefficient (Wildman–Crippen LogP) is 1.69. The monoisotopic (exact) mass is 259 g/mol. The molecule has 0 saturated carbocycles. The van der Waals surface area contributed by atoms with E-state index in [1.54, 1.807) is 6.07 Å². The quantitative estimate of drug-likeness (QED) is 0.805. The summed E-state index contributed by atoms with van der Waals surface area (Å²) in [5.41, 5.74) is 9.31. The SMILES string of the molecule is Cc1ccc(-c2cc(C(N)=S)c(=O)[nH]n2)c(C)c1.